The normalized spacial score (nSPS) is 11.5. The molecular formula is C13H10N2O4S4. The van der Waals surface area contributed by atoms with Crippen LogP contribution in [0.4, 0.5) is 0 Å². The highest BCUT2D eigenvalue weighted by molar-refractivity contribution is 7.91. The lowest BCUT2D eigenvalue weighted by Crippen LogP contribution is -2.10. The zero-order valence-electron chi connectivity index (χ0n) is 11.5. The Kier molecular flexibility index (Phi) is 4.60. The molecular weight excluding hydrogens is 376 g/mol. The third-order valence-electron chi connectivity index (χ3n) is 2.76. The van der Waals surface area contributed by atoms with E-state index in [-0.39, 0.29) is 16.4 Å². The van der Waals surface area contributed by atoms with Gasteiger partial charge in [0.2, 0.25) is 10.0 Å². The largest absolute Gasteiger partial charge is 0.456 e. The minimum absolute atomic E-state index is 0.0278. The number of aromatic nitrogens is 1. The quantitative estimate of drug-likeness (QED) is 0.680. The molecule has 0 saturated carbocycles. The number of rotatable bonds is 5. The fraction of sp³-hybridized carbons (Fsp3) is 0.0769. The Balaban J connectivity index is 1.64. The van der Waals surface area contributed by atoms with Gasteiger partial charge in [0.25, 0.3) is 0 Å². The van der Waals surface area contributed by atoms with Gasteiger partial charge in [-0.05, 0) is 17.5 Å². The van der Waals surface area contributed by atoms with E-state index in [1.54, 1.807) is 11.3 Å². The highest BCUT2D eigenvalue weighted by Crippen LogP contribution is 2.26. The van der Waals surface area contributed by atoms with Crippen molar-refractivity contribution in [2.45, 2.75) is 10.8 Å². The van der Waals surface area contributed by atoms with Crippen LogP contribution in [0.2, 0.25) is 0 Å². The zero-order chi connectivity index (χ0) is 16.4. The van der Waals surface area contributed by atoms with Crippen LogP contribution in [0.5, 0.6) is 0 Å². The second kappa shape index (κ2) is 6.49. The SMILES string of the molecule is NS(=O)(=O)c1cc(C(=O)OCc2csc(-c3ccsc3)n2)cs1. The summed E-state index contributed by atoms with van der Waals surface area (Å²) in [5, 5.41) is 13.1. The lowest BCUT2D eigenvalue weighted by molar-refractivity contribution is 0.0469. The summed E-state index contributed by atoms with van der Waals surface area (Å²) in [7, 11) is -3.80. The molecule has 0 radical (unpaired) electrons. The van der Waals surface area contributed by atoms with Crippen LogP contribution in [0, 0.1) is 0 Å². The second-order valence-corrected chi connectivity index (χ2v) is 8.77. The number of carbonyl (C=O) groups excluding carboxylic acids is 1. The van der Waals surface area contributed by atoms with Crippen molar-refractivity contribution in [3.8, 4) is 10.6 Å². The summed E-state index contributed by atoms with van der Waals surface area (Å²) in [5.41, 5.74) is 1.84. The van der Waals surface area contributed by atoms with Crippen LogP contribution >= 0.6 is 34.0 Å². The third-order valence-corrected chi connectivity index (χ3v) is 6.77. The number of thiophene rings is 2. The first-order valence-corrected chi connectivity index (χ1v) is 10.4. The van der Waals surface area contributed by atoms with Crippen LogP contribution in [-0.2, 0) is 21.4 Å². The van der Waals surface area contributed by atoms with Crippen molar-refractivity contribution in [2.75, 3.05) is 0 Å². The molecule has 0 fully saturated rings. The molecule has 0 saturated heterocycles. The first-order valence-electron chi connectivity index (χ1n) is 6.19. The van der Waals surface area contributed by atoms with Gasteiger partial charge in [0, 0.05) is 21.7 Å². The molecule has 0 bridgehead atoms. The number of esters is 1. The number of nitrogens with zero attached hydrogens (tertiary/aromatic N) is 1. The monoisotopic (exact) mass is 386 g/mol. The average molecular weight is 387 g/mol. The standard InChI is InChI=1S/C13H10N2O4S4/c14-23(17,18)11-3-9(6-21-11)13(16)19-4-10-7-22-12(15-10)8-1-2-20-5-8/h1-3,5-7H,4H2,(H2,14,17,18). The minimum atomic E-state index is -3.80. The number of sulfonamides is 1. The Morgan fingerprint density at radius 1 is 1.26 bits per heavy atom. The number of hydrogen-bond acceptors (Lipinski definition) is 8. The molecule has 3 aromatic heterocycles. The summed E-state index contributed by atoms with van der Waals surface area (Å²) in [6, 6.07) is 3.18. The van der Waals surface area contributed by atoms with Gasteiger partial charge in [-0.1, -0.05) is 0 Å². The smallest absolute Gasteiger partial charge is 0.339 e. The zero-order valence-corrected chi connectivity index (χ0v) is 14.7. The van der Waals surface area contributed by atoms with Crippen molar-refractivity contribution in [1.82, 2.24) is 4.98 Å². The van der Waals surface area contributed by atoms with E-state index in [9.17, 15) is 13.2 Å². The highest BCUT2D eigenvalue weighted by Gasteiger charge is 2.16. The van der Waals surface area contributed by atoms with Crippen molar-refractivity contribution >= 4 is 50.0 Å². The fourth-order valence-electron chi connectivity index (χ4n) is 1.69. The van der Waals surface area contributed by atoms with E-state index in [0.717, 1.165) is 21.9 Å². The van der Waals surface area contributed by atoms with Gasteiger partial charge in [-0.3, -0.25) is 0 Å². The summed E-state index contributed by atoms with van der Waals surface area (Å²) in [6.45, 7) is 0.0278. The van der Waals surface area contributed by atoms with Gasteiger partial charge in [0.15, 0.2) is 0 Å². The predicted molar refractivity (Wildman–Crippen MR) is 90.2 cm³/mol. The number of hydrogen-bond donors (Lipinski definition) is 1. The molecule has 2 N–H and O–H groups in total. The number of carbonyl (C=O) groups is 1. The van der Waals surface area contributed by atoms with Crippen molar-refractivity contribution < 1.29 is 17.9 Å². The van der Waals surface area contributed by atoms with Gasteiger partial charge >= 0.3 is 5.97 Å². The number of thiazole rings is 1. The Morgan fingerprint density at radius 3 is 2.74 bits per heavy atom. The van der Waals surface area contributed by atoms with E-state index < -0.39 is 16.0 Å². The van der Waals surface area contributed by atoms with Crippen LogP contribution in [-0.4, -0.2) is 19.4 Å². The molecule has 3 heterocycles. The van der Waals surface area contributed by atoms with E-state index in [1.165, 1.54) is 22.8 Å². The first kappa shape index (κ1) is 16.3. The second-order valence-electron chi connectivity index (χ2n) is 4.43. The number of ether oxygens (including phenoxy) is 1. The molecule has 23 heavy (non-hydrogen) atoms. The molecule has 120 valence electrons. The van der Waals surface area contributed by atoms with Gasteiger partial charge in [0.05, 0.1) is 11.3 Å². The molecule has 0 amide bonds. The van der Waals surface area contributed by atoms with Crippen LogP contribution in [0.15, 0.2) is 37.9 Å². The number of nitrogens with two attached hydrogens (primary N) is 1. The highest BCUT2D eigenvalue weighted by atomic mass is 32.2. The van der Waals surface area contributed by atoms with Gasteiger partial charge in [0.1, 0.15) is 15.8 Å². The Bertz CT molecular complexity index is 925. The number of primary sulfonamides is 1. The first-order chi connectivity index (χ1) is 10.9. The molecule has 0 aliphatic heterocycles. The lowest BCUT2D eigenvalue weighted by atomic mass is 10.3. The van der Waals surface area contributed by atoms with Crippen LogP contribution in [0.25, 0.3) is 10.6 Å². The van der Waals surface area contributed by atoms with E-state index in [2.05, 4.69) is 4.98 Å². The van der Waals surface area contributed by atoms with E-state index in [0.29, 0.717) is 5.69 Å². The van der Waals surface area contributed by atoms with Crippen molar-refractivity contribution in [3.63, 3.8) is 0 Å². The molecule has 0 unspecified atom stereocenters. The molecule has 3 aromatic rings. The van der Waals surface area contributed by atoms with Gasteiger partial charge in [-0.2, -0.15) is 11.3 Å². The maximum atomic E-state index is 11.9. The Morgan fingerprint density at radius 2 is 2.09 bits per heavy atom. The summed E-state index contributed by atoms with van der Waals surface area (Å²) in [5.74, 6) is -0.610. The van der Waals surface area contributed by atoms with Crippen molar-refractivity contribution in [2.24, 2.45) is 5.14 Å². The molecule has 6 nitrogen and oxygen atoms in total. The molecule has 0 aliphatic carbocycles. The molecule has 0 aromatic carbocycles. The lowest BCUT2D eigenvalue weighted by Gasteiger charge is -2.00. The van der Waals surface area contributed by atoms with Crippen molar-refractivity contribution in [1.29, 1.82) is 0 Å². The maximum Gasteiger partial charge on any atom is 0.339 e. The predicted octanol–water partition coefficient (Wildman–Crippen LogP) is 2.94. The van der Waals surface area contributed by atoms with Crippen LogP contribution < -0.4 is 5.14 Å². The molecule has 0 aliphatic rings. The maximum absolute atomic E-state index is 11.9. The molecule has 0 atom stereocenters. The topological polar surface area (TPSA) is 99.4 Å². The van der Waals surface area contributed by atoms with E-state index in [4.69, 9.17) is 9.88 Å². The van der Waals surface area contributed by atoms with Crippen molar-refractivity contribution in [3.05, 3.63) is 44.9 Å². The van der Waals surface area contributed by atoms with Crippen LogP contribution in [0.1, 0.15) is 16.1 Å². The van der Waals surface area contributed by atoms with Gasteiger partial charge < -0.3 is 4.74 Å². The molecule has 3 rings (SSSR count). The molecule has 10 heteroatoms. The Hall–Kier alpha value is -1.59. The Labute approximate surface area is 144 Å². The van der Waals surface area contributed by atoms with Gasteiger partial charge in [-0.25, -0.2) is 23.3 Å². The fourth-order valence-corrected chi connectivity index (χ4v) is 4.78. The summed E-state index contributed by atoms with van der Waals surface area (Å²) < 4.78 is 27.5. The molecule has 0 spiro atoms. The average Bonchev–Trinajstić information content (AvgIpc) is 3.22. The van der Waals surface area contributed by atoms with E-state index >= 15 is 0 Å². The van der Waals surface area contributed by atoms with Crippen LogP contribution in [0.3, 0.4) is 0 Å². The summed E-state index contributed by atoms with van der Waals surface area (Å²) >= 11 is 3.94. The summed E-state index contributed by atoms with van der Waals surface area (Å²) in [6.07, 6.45) is 0. The summed E-state index contributed by atoms with van der Waals surface area (Å²) in [4.78, 5) is 16.3. The van der Waals surface area contributed by atoms with E-state index in [1.807, 2.05) is 22.2 Å². The van der Waals surface area contributed by atoms with Gasteiger partial charge in [-0.15, -0.1) is 22.7 Å². The third kappa shape index (κ3) is 3.85. The minimum Gasteiger partial charge on any atom is -0.456 e.